The predicted molar refractivity (Wildman–Crippen MR) is 78.2 cm³/mol. The molecule has 0 aliphatic carbocycles. The van der Waals surface area contributed by atoms with Crippen LogP contribution in [0.4, 0.5) is 5.69 Å². The number of ether oxygens (including phenoxy) is 2. The van der Waals surface area contributed by atoms with Gasteiger partial charge in [0.15, 0.2) is 0 Å². The third kappa shape index (κ3) is 5.34. The number of rotatable bonds is 7. The molecule has 3 N–H and O–H groups in total. The lowest BCUT2D eigenvalue weighted by atomic mass is 10.2. The molecule has 104 valence electrons. The molecular weight excluding hydrogens is 264 g/mol. The number of carbonyl (C=O) groups excluding carboxylic acids is 1. The second kappa shape index (κ2) is 7.83. The highest BCUT2D eigenvalue weighted by atomic mass is 32.1. The van der Waals surface area contributed by atoms with Crippen LogP contribution in [0.15, 0.2) is 24.3 Å². The topological polar surface area (TPSA) is 73.6 Å². The van der Waals surface area contributed by atoms with Crippen molar-refractivity contribution in [3.63, 3.8) is 0 Å². The summed E-state index contributed by atoms with van der Waals surface area (Å²) in [6.07, 6.45) is -0.537. The van der Waals surface area contributed by atoms with E-state index in [0.29, 0.717) is 23.9 Å². The molecular formula is C13H18N2O3S. The van der Waals surface area contributed by atoms with E-state index in [9.17, 15) is 4.79 Å². The van der Waals surface area contributed by atoms with Gasteiger partial charge in [0.25, 0.3) is 5.91 Å². The summed E-state index contributed by atoms with van der Waals surface area (Å²) in [6.45, 7) is 2.53. The van der Waals surface area contributed by atoms with Gasteiger partial charge in [0.05, 0.1) is 13.2 Å². The summed E-state index contributed by atoms with van der Waals surface area (Å²) in [7, 11) is 1.58. The van der Waals surface area contributed by atoms with Gasteiger partial charge in [-0.2, -0.15) is 0 Å². The van der Waals surface area contributed by atoms with E-state index in [0.717, 1.165) is 5.56 Å². The van der Waals surface area contributed by atoms with E-state index in [-0.39, 0.29) is 5.91 Å². The second-order valence-electron chi connectivity index (χ2n) is 3.94. The molecule has 1 rings (SSSR count). The van der Waals surface area contributed by atoms with E-state index < -0.39 is 6.10 Å². The normalized spacial score (nSPS) is 11.9. The highest BCUT2D eigenvalue weighted by Crippen LogP contribution is 2.10. The van der Waals surface area contributed by atoms with Crippen molar-refractivity contribution in [1.29, 1.82) is 0 Å². The quantitative estimate of drug-likeness (QED) is 0.583. The summed E-state index contributed by atoms with van der Waals surface area (Å²) < 4.78 is 10.1. The number of nitrogens with two attached hydrogens (primary N) is 1. The first-order chi connectivity index (χ1) is 9.04. The molecule has 0 saturated heterocycles. The van der Waals surface area contributed by atoms with Gasteiger partial charge in [0, 0.05) is 18.4 Å². The Balaban J connectivity index is 2.49. The lowest BCUT2D eigenvalue weighted by Gasteiger charge is -2.13. The van der Waals surface area contributed by atoms with Crippen LogP contribution in [0.3, 0.4) is 0 Å². The van der Waals surface area contributed by atoms with Crippen molar-refractivity contribution in [2.24, 2.45) is 5.73 Å². The Morgan fingerprint density at radius 2 is 2.00 bits per heavy atom. The van der Waals surface area contributed by atoms with Crippen LogP contribution >= 0.6 is 12.2 Å². The lowest BCUT2D eigenvalue weighted by molar-refractivity contribution is -0.127. The fraction of sp³-hybridized carbons (Fsp3) is 0.385. The monoisotopic (exact) mass is 282 g/mol. The minimum atomic E-state index is -0.537. The van der Waals surface area contributed by atoms with Crippen molar-refractivity contribution in [3.8, 4) is 0 Å². The molecule has 6 heteroatoms. The lowest BCUT2D eigenvalue weighted by Crippen LogP contribution is -2.28. The van der Waals surface area contributed by atoms with Crippen LogP contribution in [0.25, 0.3) is 0 Å². The molecule has 1 amide bonds. The highest BCUT2D eigenvalue weighted by molar-refractivity contribution is 7.80. The second-order valence-corrected chi connectivity index (χ2v) is 4.38. The van der Waals surface area contributed by atoms with Crippen molar-refractivity contribution in [1.82, 2.24) is 0 Å². The average molecular weight is 282 g/mol. The first kappa shape index (κ1) is 15.6. The van der Waals surface area contributed by atoms with Crippen LogP contribution in [0, 0.1) is 0 Å². The number of thiocarbonyl (C=S) groups is 1. The molecule has 1 aromatic carbocycles. The molecule has 5 nitrogen and oxygen atoms in total. The number of anilines is 1. The maximum atomic E-state index is 11.8. The Morgan fingerprint density at radius 1 is 1.37 bits per heavy atom. The van der Waals surface area contributed by atoms with Crippen LogP contribution in [0.1, 0.15) is 12.5 Å². The van der Waals surface area contributed by atoms with E-state index in [2.05, 4.69) is 5.32 Å². The summed E-state index contributed by atoms with van der Waals surface area (Å²) >= 11 is 4.85. The van der Waals surface area contributed by atoms with E-state index >= 15 is 0 Å². The molecule has 0 fully saturated rings. The molecule has 0 saturated carbocycles. The van der Waals surface area contributed by atoms with Gasteiger partial charge in [0.2, 0.25) is 0 Å². The summed E-state index contributed by atoms with van der Waals surface area (Å²) in [5.41, 5.74) is 6.93. The van der Waals surface area contributed by atoms with E-state index in [1.54, 1.807) is 38.3 Å². The third-order valence-electron chi connectivity index (χ3n) is 2.46. The van der Waals surface area contributed by atoms with Crippen LogP contribution in [-0.4, -0.2) is 37.3 Å². The molecule has 19 heavy (non-hydrogen) atoms. The Hall–Kier alpha value is -1.50. The number of nitrogens with one attached hydrogen (secondary N) is 1. The standard InChI is InChI=1S/C13H18N2O3S/c1-9(18-8-7-17-2)13(16)15-11-5-3-10(4-6-11)12(14)19/h3-6,9H,7-8H2,1-2H3,(H2,14,19)(H,15,16). The molecule has 0 aliphatic heterocycles. The van der Waals surface area contributed by atoms with Crippen molar-refractivity contribution in [3.05, 3.63) is 29.8 Å². The zero-order valence-corrected chi connectivity index (χ0v) is 11.8. The first-order valence-corrected chi connectivity index (χ1v) is 6.26. The first-order valence-electron chi connectivity index (χ1n) is 5.86. The van der Waals surface area contributed by atoms with Crippen molar-refractivity contribution >= 4 is 28.8 Å². The molecule has 0 heterocycles. The fourth-order valence-electron chi connectivity index (χ4n) is 1.35. The number of carbonyl (C=O) groups is 1. The van der Waals surface area contributed by atoms with Gasteiger partial charge < -0.3 is 20.5 Å². The van der Waals surface area contributed by atoms with Crippen LogP contribution in [0.5, 0.6) is 0 Å². The SMILES string of the molecule is COCCOC(C)C(=O)Nc1ccc(C(N)=S)cc1. The van der Waals surface area contributed by atoms with Gasteiger partial charge in [-0.05, 0) is 31.2 Å². The third-order valence-corrected chi connectivity index (χ3v) is 2.70. The number of hydrogen-bond donors (Lipinski definition) is 2. The van der Waals surface area contributed by atoms with Crippen molar-refractivity contribution in [2.45, 2.75) is 13.0 Å². The number of hydrogen-bond acceptors (Lipinski definition) is 4. The highest BCUT2D eigenvalue weighted by Gasteiger charge is 2.13. The van der Waals surface area contributed by atoms with Gasteiger partial charge in [-0.3, -0.25) is 4.79 Å². The van der Waals surface area contributed by atoms with Gasteiger partial charge >= 0.3 is 0 Å². The summed E-state index contributed by atoms with van der Waals surface area (Å²) in [4.78, 5) is 12.1. The molecule has 0 bridgehead atoms. The van der Waals surface area contributed by atoms with Crippen molar-refractivity contribution < 1.29 is 14.3 Å². The van der Waals surface area contributed by atoms with E-state index in [1.807, 2.05) is 0 Å². The number of amides is 1. The molecule has 0 aliphatic rings. The molecule has 0 aromatic heterocycles. The Morgan fingerprint density at radius 3 is 2.53 bits per heavy atom. The van der Waals surface area contributed by atoms with Crippen LogP contribution in [0.2, 0.25) is 0 Å². The number of benzene rings is 1. The van der Waals surface area contributed by atoms with Crippen LogP contribution < -0.4 is 11.1 Å². The summed E-state index contributed by atoms with van der Waals surface area (Å²) in [5, 5.41) is 2.75. The Bertz CT molecular complexity index is 434. The summed E-state index contributed by atoms with van der Waals surface area (Å²) in [5.74, 6) is -0.209. The molecule has 1 aromatic rings. The van der Waals surface area contributed by atoms with E-state index in [4.69, 9.17) is 27.4 Å². The summed E-state index contributed by atoms with van der Waals surface area (Å²) in [6, 6.07) is 7.01. The van der Waals surface area contributed by atoms with Gasteiger partial charge in [-0.25, -0.2) is 0 Å². The fourth-order valence-corrected chi connectivity index (χ4v) is 1.48. The zero-order chi connectivity index (χ0) is 14.3. The molecule has 1 unspecified atom stereocenters. The van der Waals surface area contributed by atoms with E-state index in [1.165, 1.54) is 0 Å². The van der Waals surface area contributed by atoms with Gasteiger partial charge in [-0.1, -0.05) is 12.2 Å². The van der Waals surface area contributed by atoms with Crippen molar-refractivity contribution in [2.75, 3.05) is 25.6 Å². The average Bonchev–Trinajstić information content (AvgIpc) is 2.39. The minimum Gasteiger partial charge on any atom is -0.389 e. The Labute approximate surface area is 118 Å². The largest absolute Gasteiger partial charge is 0.389 e. The molecule has 0 spiro atoms. The smallest absolute Gasteiger partial charge is 0.253 e. The molecule has 0 radical (unpaired) electrons. The number of methoxy groups -OCH3 is 1. The Kier molecular flexibility index (Phi) is 6.41. The van der Waals surface area contributed by atoms with Gasteiger partial charge in [-0.15, -0.1) is 0 Å². The predicted octanol–water partition coefficient (Wildman–Crippen LogP) is 1.31. The van der Waals surface area contributed by atoms with Gasteiger partial charge in [0.1, 0.15) is 11.1 Å². The maximum absolute atomic E-state index is 11.8. The van der Waals surface area contributed by atoms with Crippen LogP contribution in [-0.2, 0) is 14.3 Å². The minimum absolute atomic E-state index is 0.209. The molecule has 1 atom stereocenters. The maximum Gasteiger partial charge on any atom is 0.253 e. The zero-order valence-electron chi connectivity index (χ0n) is 11.0.